The van der Waals surface area contributed by atoms with Gasteiger partial charge in [0.15, 0.2) is 0 Å². The topological polar surface area (TPSA) is 26.0 Å². The van der Waals surface area contributed by atoms with E-state index in [-0.39, 0.29) is 0 Å². The van der Waals surface area contributed by atoms with E-state index in [2.05, 4.69) is 0 Å². The number of hydrogen-bond donors (Lipinski definition) is 1. The van der Waals surface area contributed by atoms with Gasteiger partial charge in [0.25, 0.3) is 0 Å². The van der Waals surface area contributed by atoms with Crippen LogP contribution in [0.4, 0.5) is 13.2 Å². The van der Waals surface area contributed by atoms with Crippen LogP contribution >= 0.6 is 11.8 Å². The van der Waals surface area contributed by atoms with Crippen molar-refractivity contribution in [1.82, 2.24) is 0 Å². The third-order valence-corrected chi connectivity index (χ3v) is 2.74. The molecule has 0 heterocycles. The maximum absolute atomic E-state index is 12.1. The first-order valence-electron chi connectivity index (χ1n) is 4.38. The van der Waals surface area contributed by atoms with E-state index in [1.165, 1.54) is 11.8 Å². The third-order valence-electron chi connectivity index (χ3n) is 2.00. The highest BCUT2D eigenvalue weighted by Gasteiger charge is 2.30. The molecule has 0 bridgehead atoms. The molecule has 0 aliphatic carbocycles. The van der Waals surface area contributed by atoms with Gasteiger partial charge in [-0.05, 0) is 24.0 Å². The summed E-state index contributed by atoms with van der Waals surface area (Å²) in [5.41, 5.74) is 5.96. The minimum absolute atomic E-state index is 0.519. The number of rotatable bonds is 3. The van der Waals surface area contributed by atoms with Crippen molar-refractivity contribution in [1.29, 1.82) is 0 Å². The Morgan fingerprint density at radius 2 is 1.80 bits per heavy atom. The Kier molecular flexibility index (Phi) is 4.04. The molecular formula is C10H12F3NS. The molecule has 0 aromatic heterocycles. The molecule has 1 atom stereocenters. The molecular weight excluding hydrogens is 223 g/mol. The van der Waals surface area contributed by atoms with Crippen molar-refractivity contribution in [2.24, 2.45) is 5.73 Å². The second-order valence-electron chi connectivity index (χ2n) is 3.20. The fraction of sp³-hybridized carbons (Fsp3) is 0.400. The molecule has 1 aromatic carbocycles. The second-order valence-corrected chi connectivity index (χ2v) is 4.08. The molecule has 0 amide bonds. The van der Waals surface area contributed by atoms with Crippen molar-refractivity contribution < 1.29 is 13.2 Å². The monoisotopic (exact) mass is 235 g/mol. The van der Waals surface area contributed by atoms with Gasteiger partial charge in [-0.2, -0.15) is 13.2 Å². The van der Waals surface area contributed by atoms with Crippen molar-refractivity contribution in [3.05, 3.63) is 29.8 Å². The van der Waals surface area contributed by atoms with Crippen LogP contribution in [0.5, 0.6) is 0 Å². The molecule has 0 aliphatic rings. The molecule has 5 heteroatoms. The van der Waals surface area contributed by atoms with Crippen LogP contribution in [0.1, 0.15) is 18.0 Å². The van der Waals surface area contributed by atoms with Gasteiger partial charge < -0.3 is 5.73 Å². The predicted octanol–water partition coefficient (Wildman–Crippen LogP) is 3.36. The summed E-state index contributed by atoms with van der Waals surface area (Å²) < 4.78 is 36.2. The Balaban J connectivity index is 2.70. The first-order chi connectivity index (χ1) is 6.92. The van der Waals surface area contributed by atoms with E-state index in [1.54, 1.807) is 24.3 Å². The summed E-state index contributed by atoms with van der Waals surface area (Å²) in [5.74, 6) is 0. The van der Waals surface area contributed by atoms with Crippen LogP contribution in [-0.4, -0.2) is 12.4 Å². The van der Waals surface area contributed by atoms with Gasteiger partial charge in [0.05, 0.1) is 6.42 Å². The van der Waals surface area contributed by atoms with E-state index in [9.17, 15) is 13.2 Å². The quantitative estimate of drug-likeness (QED) is 0.813. The molecule has 0 fully saturated rings. The van der Waals surface area contributed by atoms with Crippen molar-refractivity contribution in [2.75, 3.05) is 6.26 Å². The largest absolute Gasteiger partial charge is 0.390 e. The van der Waals surface area contributed by atoms with Gasteiger partial charge in [-0.15, -0.1) is 11.8 Å². The van der Waals surface area contributed by atoms with E-state index in [0.717, 1.165) is 4.90 Å². The van der Waals surface area contributed by atoms with Crippen molar-refractivity contribution in [3.63, 3.8) is 0 Å². The van der Waals surface area contributed by atoms with Crippen molar-refractivity contribution >= 4 is 11.8 Å². The van der Waals surface area contributed by atoms with Gasteiger partial charge in [0.2, 0.25) is 0 Å². The molecule has 2 N–H and O–H groups in total. The molecule has 0 aliphatic heterocycles. The Hall–Kier alpha value is -0.680. The lowest BCUT2D eigenvalue weighted by atomic mass is 10.0. The van der Waals surface area contributed by atoms with Gasteiger partial charge in [0.1, 0.15) is 0 Å². The molecule has 15 heavy (non-hydrogen) atoms. The van der Waals surface area contributed by atoms with Crippen LogP contribution < -0.4 is 5.73 Å². The maximum atomic E-state index is 12.1. The van der Waals surface area contributed by atoms with E-state index in [4.69, 9.17) is 5.73 Å². The first-order valence-corrected chi connectivity index (χ1v) is 5.61. The van der Waals surface area contributed by atoms with Gasteiger partial charge in [-0.25, -0.2) is 0 Å². The lowest BCUT2D eigenvalue weighted by Crippen LogP contribution is -2.20. The fourth-order valence-electron chi connectivity index (χ4n) is 1.22. The number of hydrogen-bond acceptors (Lipinski definition) is 2. The zero-order valence-corrected chi connectivity index (χ0v) is 9.03. The highest BCUT2D eigenvalue weighted by molar-refractivity contribution is 7.98. The number of halogens is 3. The fourth-order valence-corrected chi connectivity index (χ4v) is 1.63. The van der Waals surface area contributed by atoms with Gasteiger partial charge in [-0.3, -0.25) is 0 Å². The molecule has 1 aromatic rings. The van der Waals surface area contributed by atoms with Crippen LogP contribution in [0.3, 0.4) is 0 Å². The standard InChI is InChI=1S/C10H12F3NS/c1-15-8-4-2-7(3-5-8)9(14)6-10(11,12)13/h2-5,9H,6,14H2,1H3/t9-/m0/s1. The average Bonchev–Trinajstić information content (AvgIpc) is 2.15. The molecule has 0 unspecified atom stereocenters. The van der Waals surface area contributed by atoms with E-state index in [1.807, 2.05) is 6.26 Å². The molecule has 1 rings (SSSR count). The lowest BCUT2D eigenvalue weighted by Gasteiger charge is -2.14. The van der Waals surface area contributed by atoms with Crippen molar-refractivity contribution in [2.45, 2.75) is 23.5 Å². The molecule has 0 saturated carbocycles. The predicted molar refractivity (Wildman–Crippen MR) is 55.8 cm³/mol. The number of alkyl halides is 3. The minimum atomic E-state index is -4.21. The van der Waals surface area contributed by atoms with Crippen LogP contribution in [0.25, 0.3) is 0 Å². The smallest absolute Gasteiger partial charge is 0.324 e. The van der Waals surface area contributed by atoms with Crippen LogP contribution in [0.15, 0.2) is 29.2 Å². The zero-order chi connectivity index (χ0) is 11.5. The first kappa shape index (κ1) is 12.4. The summed E-state index contributed by atoms with van der Waals surface area (Å²) in [6, 6.07) is 5.86. The molecule has 0 saturated heterocycles. The second kappa shape index (κ2) is 4.90. The van der Waals surface area contributed by atoms with E-state index in [0.29, 0.717) is 5.56 Å². The number of thioether (sulfide) groups is 1. The van der Waals surface area contributed by atoms with Crippen molar-refractivity contribution in [3.8, 4) is 0 Å². The number of benzene rings is 1. The van der Waals surface area contributed by atoms with E-state index >= 15 is 0 Å². The van der Waals surface area contributed by atoms with Crippen LogP contribution in [-0.2, 0) is 0 Å². The molecule has 0 spiro atoms. The third kappa shape index (κ3) is 4.13. The molecule has 84 valence electrons. The average molecular weight is 235 g/mol. The Morgan fingerprint density at radius 3 is 2.20 bits per heavy atom. The van der Waals surface area contributed by atoms with Crippen LogP contribution in [0.2, 0.25) is 0 Å². The summed E-state index contributed by atoms with van der Waals surface area (Å²) in [6.07, 6.45) is -3.28. The van der Waals surface area contributed by atoms with Gasteiger partial charge in [0, 0.05) is 10.9 Å². The summed E-state index contributed by atoms with van der Waals surface area (Å²) in [7, 11) is 0. The zero-order valence-electron chi connectivity index (χ0n) is 8.21. The Bertz CT molecular complexity index is 307. The Labute approximate surface area is 90.9 Å². The summed E-state index contributed by atoms with van der Waals surface area (Å²) in [4.78, 5) is 1.01. The molecule has 1 nitrogen and oxygen atoms in total. The summed E-state index contributed by atoms with van der Waals surface area (Å²) in [5, 5.41) is 0. The molecule has 0 radical (unpaired) electrons. The maximum Gasteiger partial charge on any atom is 0.390 e. The normalized spacial score (nSPS) is 13.9. The highest BCUT2D eigenvalue weighted by atomic mass is 32.2. The summed E-state index contributed by atoms with van der Waals surface area (Å²) >= 11 is 1.54. The van der Waals surface area contributed by atoms with Gasteiger partial charge >= 0.3 is 6.18 Å². The lowest BCUT2D eigenvalue weighted by molar-refractivity contribution is -0.138. The van der Waals surface area contributed by atoms with Gasteiger partial charge in [-0.1, -0.05) is 12.1 Å². The number of nitrogens with two attached hydrogens (primary N) is 1. The van der Waals surface area contributed by atoms with E-state index < -0.39 is 18.6 Å². The SMILES string of the molecule is CSc1ccc([C@@H](N)CC(F)(F)F)cc1. The Morgan fingerprint density at radius 1 is 1.27 bits per heavy atom. The van der Waals surface area contributed by atoms with Crippen LogP contribution in [0, 0.1) is 0 Å². The summed E-state index contributed by atoms with van der Waals surface area (Å²) in [6.45, 7) is 0. The highest BCUT2D eigenvalue weighted by Crippen LogP contribution is 2.28. The minimum Gasteiger partial charge on any atom is -0.324 e.